The van der Waals surface area contributed by atoms with Gasteiger partial charge >= 0.3 is 10.7 Å². The molecule has 0 amide bonds. The van der Waals surface area contributed by atoms with E-state index in [1.54, 1.807) is 0 Å². The zero-order valence-corrected chi connectivity index (χ0v) is 49.5. The normalized spacial score (nSPS) is 19.8. The van der Waals surface area contributed by atoms with E-state index in [4.69, 9.17) is 80.0 Å². The molecule has 0 aromatic heterocycles. The van der Waals surface area contributed by atoms with E-state index in [0.717, 1.165) is 60.7 Å². The van der Waals surface area contributed by atoms with Gasteiger partial charge in [-0.15, -0.1) is 11.6 Å². The van der Waals surface area contributed by atoms with Gasteiger partial charge in [0, 0.05) is 33.6 Å². The molecule has 0 bridgehead atoms. The number of carbonyl (C=O) groups is 2. The summed E-state index contributed by atoms with van der Waals surface area (Å²) in [5, 5.41) is -0.219. The second-order valence-corrected chi connectivity index (χ2v) is 23.7. The van der Waals surface area contributed by atoms with Crippen LogP contribution in [0.1, 0.15) is 74.9 Å². The van der Waals surface area contributed by atoms with Crippen molar-refractivity contribution in [2.24, 2.45) is 0 Å². The lowest BCUT2D eigenvalue weighted by Crippen LogP contribution is -2.24. The Balaban J connectivity index is 0.000000149. The van der Waals surface area contributed by atoms with Crippen LogP contribution in [0.25, 0.3) is 0 Å². The van der Waals surface area contributed by atoms with Crippen molar-refractivity contribution in [2.45, 2.75) is 94.4 Å². The maximum Gasteiger partial charge on any atom is 0.404 e. The van der Waals surface area contributed by atoms with Crippen LogP contribution in [-0.2, 0) is 44.7 Å². The minimum absolute atomic E-state index is 0.0870. The molecular weight excluding hydrogens is 1110 g/mol. The topological polar surface area (TPSA) is 158 Å². The Morgan fingerprint density at radius 2 is 0.695 bits per heavy atom. The molecule has 17 heteroatoms. The quantitative estimate of drug-likeness (QED) is 0.0218. The summed E-state index contributed by atoms with van der Waals surface area (Å²) in [7, 11) is 0. The maximum absolute atomic E-state index is 11.1. The van der Waals surface area contributed by atoms with Crippen LogP contribution < -0.4 is 28.4 Å². The van der Waals surface area contributed by atoms with Gasteiger partial charge in [-0.3, -0.25) is 0 Å². The molecule has 436 valence electrons. The number of thioether (sulfide) groups is 1. The molecule has 11 rings (SSSR count). The number of benzene rings is 6. The molecule has 0 radical (unpaired) electrons. The van der Waals surface area contributed by atoms with Gasteiger partial charge in [-0.1, -0.05) is 114 Å². The van der Waals surface area contributed by atoms with Crippen LogP contribution in [0.3, 0.4) is 0 Å². The molecule has 6 atom stereocenters. The van der Waals surface area contributed by atoms with Crippen molar-refractivity contribution in [1.29, 1.82) is 0 Å². The number of hydrogen-bond acceptors (Lipinski definition) is 15. The minimum atomic E-state index is -0.895. The summed E-state index contributed by atoms with van der Waals surface area (Å²) in [4.78, 5) is 21.9. The molecule has 5 aliphatic heterocycles. The van der Waals surface area contributed by atoms with E-state index in [9.17, 15) is 9.59 Å². The standard InChI is InChI=1S/C22H24Cl2O5.C22H24O5S.C21H24O4/c1-22(2,16-5-9-18(10-6-16)27-13-20-14-28-20)15-3-7-17(8-4-15)26-12-19(11-23)29-21(24)25;1-22(2,15-3-7-17(8-4-15)24-11-19-12-26-19)16-5-9-18(10-6-16)25-13-20-14-28-21(23)27-20;1-21(2,15-3-7-17(8-4-15)22-11-19-13-24-19)16-5-9-18(10-6-16)23-12-20-14-25-20/h3-10,19-20H,11-14H2,1-2H3;3-10,19-20H,11-14H2,1-2H3;3-10,19-20H,11-14H2,1-2H3. The van der Waals surface area contributed by atoms with Gasteiger partial charge in [0.15, 0.2) is 6.10 Å². The number of hydrogen-bond donors (Lipinski definition) is 0. The minimum Gasteiger partial charge on any atom is -0.491 e. The average molecular weight is 1180 g/mol. The maximum atomic E-state index is 11.1. The number of cyclic esters (lactones) is 1. The van der Waals surface area contributed by atoms with E-state index in [1.807, 2.05) is 84.9 Å². The zero-order chi connectivity index (χ0) is 57.7. The van der Waals surface area contributed by atoms with Gasteiger partial charge in [0.25, 0.3) is 0 Å². The van der Waals surface area contributed by atoms with Gasteiger partial charge in [0.1, 0.15) is 105 Å². The fourth-order valence-corrected chi connectivity index (χ4v) is 9.76. The molecule has 5 aliphatic rings. The van der Waals surface area contributed by atoms with Crippen LogP contribution in [-0.4, -0.2) is 125 Å². The predicted octanol–water partition coefficient (Wildman–Crippen LogP) is 13.1. The molecule has 5 fully saturated rings. The molecule has 6 aromatic carbocycles. The Morgan fingerprint density at radius 3 is 0.902 bits per heavy atom. The Kier molecular flexibility index (Phi) is 20.6. The molecular formula is C65H72Cl2O14S. The van der Waals surface area contributed by atoms with Gasteiger partial charge in [-0.2, -0.15) is 0 Å². The molecule has 0 aliphatic carbocycles. The highest BCUT2D eigenvalue weighted by atomic mass is 35.5. The zero-order valence-electron chi connectivity index (χ0n) is 47.2. The first-order chi connectivity index (χ1) is 39.5. The summed E-state index contributed by atoms with van der Waals surface area (Å²) in [5.41, 5.74) is 5.92. The van der Waals surface area contributed by atoms with Crippen molar-refractivity contribution in [3.05, 3.63) is 179 Å². The Morgan fingerprint density at radius 1 is 0.451 bits per heavy atom. The summed E-state index contributed by atoms with van der Waals surface area (Å²) < 4.78 is 64.9. The summed E-state index contributed by atoms with van der Waals surface area (Å²) in [5.74, 6) is 5.69. The summed E-state index contributed by atoms with van der Waals surface area (Å²) in [6.07, 6.45) is 0.308. The molecule has 5 saturated heterocycles. The number of rotatable bonds is 26. The monoisotopic (exact) mass is 1180 g/mol. The largest absolute Gasteiger partial charge is 0.491 e. The molecule has 0 spiro atoms. The summed E-state index contributed by atoms with van der Waals surface area (Å²) in [6.45, 7) is 19.4. The Hall–Kier alpha value is -6.17. The van der Waals surface area contributed by atoms with Crippen LogP contribution >= 0.6 is 35.0 Å². The number of epoxide rings is 4. The second kappa shape index (κ2) is 27.9. The van der Waals surface area contributed by atoms with E-state index in [0.29, 0.717) is 44.5 Å². The molecule has 82 heavy (non-hydrogen) atoms. The summed E-state index contributed by atoms with van der Waals surface area (Å²) in [6, 6.07) is 49.0. The van der Waals surface area contributed by atoms with Crippen molar-refractivity contribution in [3.8, 4) is 34.5 Å². The van der Waals surface area contributed by atoms with Crippen molar-refractivity contribution >= 4 is 45.7 Å². The van der Waals surface area contributed by atoms with E-state index in [2.05, 4.69) is 102 Å². The van der Waals surface area contributed by atoms with E-state index in [1.165, 1.54) is 39.6 Å². The first-order valence-corrected chi connectivity index (χ1v) is 29.5. The molecule has 6 aromatic rings. The third kappa shape index (κ3) is 18.2. The SMILES string of the molecule is CC(C)(c1ccc(OCC2CO2)cc1)c1ccc(OCC(CCl)OC(=O)Cl)cc1.CC(C)(c1ccc(OCC2CO2)cc1)c1ccc(OCC2CO2)cc1.CC(C)(c1ccc(OCC2CO2)cc1)c1ccc(OCC2CSC(=O)O2)cc1. The molecule has 6 unspecified atom stereocenters. The first kappa shape index (κ1) is 60.4. The third-order valence-corrected chi connectivity index (χ3v) is 16.1. The number of halogens is 2. The van der Waals surface area contributed by atoms with Crippen LogP contribution in [0.2, 0.25) is 0 Å². The van der Waals surface area contributed by atoms with Crippen LogP contribution in [0.15, 0.2) is 146 Å². The van der Waals surface area contributed by atoms with Gasteiger partial charge in [-0.05, 0) is 118 Å². The highest BCUT2D eigenvalue weighted by molar-refractivity contribution is 8.13. The average Bonchev–Trinajstić information content (AvgIpc) is 4.46. The van der Waals surface area contributed by atoms with Gasteiger partial charge in [0.2, 0.25) is 0 Å². The van der Waals surface area contributed by atoms with Crippen molar-refractivity contribution in [3.63, 3.8) is 0 Å². The highest BCUT2D eigenvalue weighted by Crippen LogP contribution is 2.37. The van der Waals surface area contributed by atoms with E-state index < -0.39 is 11.5 Å². The van der Waals surface area contributed by atoms with E-state index in [-0.39, 0.29) is 64.6 Å². The Labute approximate surface area is 495 Å². The Bertz CT molecular complexity index is 2900. The molecule has 0 saturated carbocycles. The number of alkyl halides is 1. The van der Waals surface area contributed by atoms with Gasteiger partial charge < -0.3 is 56.8 Å². The lowest BCUT2D eigenvalue weighted by atomic mass is 9.78. The van der Waals surface area contributed by atoms with Crippen LogP contribution in [0, 0.1) is 0 Å². The summed E-state index contributed by atoms with van der Waals surface area (Å²) >= 11 is 12.2. The fourth-order valence-electron chi connectivity index (χ4n) is 8.79. The molecule has 0 N–H and O–H groups in total. The van der Waals surface area contributed by atoms with Crippen LogP contribution in [0.4, 0.5) is 9.59 Å². The lowest BCUT2D eigenvalue weighted by Gasteiger charge is -2.26. The highest BCUT2D eigenvalue weighted by Gasteiger charge is 2.30. The van der Waals surface area contributed by atoms with Crippen molar-refractivity contribution < 1.29 is 66.4 Å². The van der Waals surface area contributed by atoms with Gasteiger partial charge in [-0.25, -0.2) is 9.59 Å². The second-order valence-electron chi connectivity index (χ2n) is 22.1. The lowest BCUT2D eigenvalue weighted by molar-refractivity contribution is 0.0956. The number of carbonyl (C=O) groups excluding carboxylic acids is 2. The molecule has 5 heterocycles. The van der Waals surface area contributed by atoms with Gasteiger partial charge in [0.05, 0.1) is 32.3 Å². The number of ether oxygens (including phenoxy) is 12. The third-order valence-electron chi connectivity index (χ3n) is 14.8. The van der Waals surface area contributed by atoms with Crippen molar-refractivity contribution in [1.82, 2.24) is 0 Å². The fraction of sp³-hybridized carbons (Fsp3) is 0.415. The smallest absolute Gasteiger partial charge is 0.404 e. The molecule has 14 nitrogen and oxygen atoms in total. The first-order valence-electron chi connectivity index (χ1n) is 27.6. The van der Waals surface area contributed by atoms with E-state index >= 15 is 0 Å². The predicted molar refractivity (Wildman–Crippen MR) is 317 cm³/mol. The van der Waals surface area contributed by atoms with Crippen molar-refractivity contribution in [2.75, 3.05) is 77.7 Å². The van der Waals surface area contributed by atoms with Crippen LogP contribution in [0.5, 0.6) is 34.5 Å².